The third-order valence-electron chi connectivity index (χ3n) is 3.45. The van der Waals surface area contributed by atoms with Gasteiger partial charge in [0.1, 0.15) is 0 Å². The maximum absolute atomic E-state index is 12.1. The average molecular weight is 411 g/mol. The highest BCUT2D eigenvalue weighted by atomic mass is 35.5. The highest BCUT2D eigenvalue weighted by Crippen LogP contribution is 2.26. The van der Waals surface area contributed by atoms with Crippen LogP contribution in [0.4, 0.5) is 11.4 Å². The molecule has 1 amide bonds. The number of halogens is 1. The van der Waals surface area contributed by atoms with Crippen LogP contribution in [0.25, 0.3) is 0 Å². The molecule has 0 fully saturated rings. The van der Waals surface area contributed by atoms with Gasteiger partial charge in [-0.05, 0) is 24.4 Å². The van der Waals surface area contributed by atoms with Crippen LogP contribution < -0.4 is 5.32 Å². The molecule has 27 heavy (non-hydrogen) atoms. The molecule has 0 saturated carbocycles. The normalized spacial score (nSPS) is 11.5. The smallest absolute Gasteiger partial charge is 0.307 e. The Hall–Kier alpha value is -2.78. The van der Waals surface area contributed by atoms with Gasteiger partial charge in [-0.25, -0.2) is 0 Å². The van der Waals surface area contributed by atoms with Crippen LogP contribution in [0.1, 0.15) is 29.4 Å². The van der Waals surface area contributed by atoms with Crippen molar-refractivity contribution in [2.75, 3.05) is 5.32 Å². The van der Waals surface area contributed by atoms with Crippen LogP contribution in [0.5, 0.6) is 0 Å². The van der Waals surface area contributed by atoms with Crippen molar-refractivity contribution in [1.82, 2.24) is 0 Å². The Balaban J connectivity index is 1.88. The lowest BCUT2D eigenvalue weighted by atomic mass is 10.2. The van der Waals surface area contributed by atoms with Crippen molar-refractivity contribution >= 4 is 52.0 Å². The number of hydrogen-bond acceptors (Lipinski definition) is 7. The third-order valence-corrected chi connectivity index (χ3v) is 4.69. The van der Waals surface area contributed by atoms with Crippen molar-refractivity contribution in [1.29, 1.82) is 0 Å². The van der Waals surface area contributed by atoms with Crippen LogP contribution in [0.15, 0.2) is 35.7 Å². The minimum atomic E-state index is -1.16. The summed E-state index contributed by atoms with van der Waals surface area (Å²) in [5, 5.41) is 15.0. The van der Waals surface area contributed by atoms with E-state index in [1.807, 2.05) is 0 Å². The average Bonchev–Trinajstić information content (AvgIpc) is 3.16. The van der Waals surface area contributed by atoms with E-state index in [1.165, 1.54) is 30.4 Å². The van der Waals surface area contributed by atoms with Crippen LogP contribution in [0.2, 0.25) is 5.02 Å². The fourth-order valence-electron chi connectivity index (χ4n) is 2.04. The number of Topliss-reactive ketones (excluding diaryl/α,β-unsaturated/α-hetero) is 1. The van der Waals surface area contributed by atoms with E-state index in [4.69, 9.17) is 16.3 Å². The van der Waals surface area contributed by atoms with E-state index in [9.17, 15) is 24.5 Å². The predicted molar refractivity (Wildman–Crippen MR) is 100 cm³/mol. The topological polar surface area (TPSA) is 116 Å². The van der Waals surface area contributed by atoms with Crippen LogP contribution >= 0.6 is 22.9 Å². The van der Waals surface area contributed by atoms with Crippen LogP contribution in [0.3, 0.4) is 0 Å². The van der Waals surface area contributed by atoms with Gasteiger partial charge in [-0.3, -0.25) is 24.5 Å². The Kier molecular flexibility index (Phi) is 7.03. The summed E-state index contributed by atoms with van der Waals surface area (Å²) in [6.45, 7) is 1.35. The van der Waals surface area contributed by atoms with Crippen molar-refractivity contribution in [3.8, 4) is 0 Å². The molecule has 10 heteroatoms. The molecule has 1 heterocycles. The first-order valence-electron chi connectivity index (χ1n) is 7.79. The Morgan fingerprint density at radius 2 is 2.04 bits per heavy atom. The van der Waals surface area contributed by atoms with Crippen molar-refractivity contribution in [2.45, 2.75) is 25.9 Å². The van der Waals surface area contributed by atoms with Gasteiger partial charge in [-0.2, -0.15) is 0 Å². The van der Waals surface area contributed by atoms with E-state index >= 15 is 0 Å². The number of nitro groups is 1. The van der Waals surface area contributed by atoms with Crippen LogP contribution in [0, 0.1) is 10.1 Å². The standard InChI is InChI=1S/C17H15ClN2O6S/c1-10(26-16(22)7-6-14(21)15-3-2-8-27-15)17(23)19-13-9-11(20(24)25)4-5-12(13)18/h2-5,8-10H,6-7H2,1H3,(H,19,23). The van der Waals surface area contributed by atoms with Gasteiger partial charge in [0.15, 0.2) is 11.9 Å². The maximum Gasteiger partial charge on any atom is 0.307 e. The molecule has 1 unspecified atom stereocenters. The minimum absolute atomic E-state index is 0.0234. The Morgan fingerprint density at radius 3 is 2.67 bits per heavy atom. The lowest BCUT2D eigenvalue weighted by molar-refractivity contribution is -0.384. The lowest BCUT2D eigenvalue weighted by Gasteiger charge is -2.14. The number of carbonyl (C=O) groups is 3. The van der Waals surface area contributed by atoms with Gasteiger partial charge in [0.25, 0.3) is 11.6 Å². The summed E-state index contributed by atoms with van der Waals surface area (Å²) in [5.74, 6) is -1.58. The van der Waals surface area contributed by atoms with E-state index in [2.05, 4.69) is 5.32 Å². The molecule has 0 saturated heterocycles. The summed E-state index contributed by atoms with van der Waals surface area (Å²) in [4.78, 5) is 46.5. The quantitative estimate of drug-likeness (QED) is 0.306. The van der Waals surface area contributed by atoms with Gasteiger partial charge >= 0.3 is 5.97 Å². The summed E-state index contributed by atoms with van der Waals surface area (Å²) in [6.07, 6.45) is -1.35. The summed E-state index contributed by atoms with van der Waals surface area (Å²) < 4.78 is 4.99. The van der Waals surface area contributed by atoms with Gasteiger partial charge in [0.05, 0.1) is 26.9 Å². The van der Waals surface area contributed by atoms with Crippen molar-refractivity contribution in [3.05, 3.63) is 55.7 Å². The number of anilines is 1. The molecular weight excluding hydrogens is 396 g/mol. The van der Waals surface area contributed by atoms with Crippen LogP contribution in [-0.4, -0.2) is 28.7 Å². The first-order valence-corrected chi connectivity index (χ1v) is 9.04. The summed E-state index contributed by atoms with van der Waals surface area (Å²) >= 11 is 7.19. The number of hydrogen-bond donors (Lipinski definition) is 1. The largest absolute Gasteiger partial charge is 0.453 e. The second-order valence-electron chi connectivity index (χ2n) is 5.44. The van der Waals surface area contributed by atoms with Crippen LogP contribution in [-0.2, 0) is 14.3 Å². The number of ether oxygens (including phenoxy) is 1. The third kappa shape index (κ3) is 5.87. The molecule has 0 aliphatic heterocycles. The highest BCUT2D eigenvalue weighted by Gasteiger charge is 2.21. The fourth-order valence-corrected chi connectivity index (χ4v) is 2.90. The van der Waals surface area contributed by atoms with Crippen molar-refractivity contribution < 1.29 is 24.0 Å². The van der Waals surface area contributed by atoms with Gasteiger partial charge in [-0.1, -0.05) is 17.7 Å². The van der Waals surface area contributed by atoms with E-state index in [-0.39, 0.29) is 35.0 Å². The minimum Gasteiger partial charge on any atom is -0.453 e. The van der Waals surface area contributed by atoms with Gasteiger partial charge in [0.2, 0.25) is 0 Å². The number of ketones is 1. The molecule has 2 rings (SSSR count). The molecule has 0 spiro atoms. The second kappa shape index (κ2) is 9.24. The number of thiophene rings is 1. The van der Waals surface area contributed by atoms with Gasteiger partial charge < -0.3 is 10.1 Å². The van der Waals surface area contributed by atoms with Crippen molar-refractivity contribution in [2.24, 2.45) is 0 Å². The number of nitrogens with one attached hydrogen (secondary N) is 1. The summed E-state index contributed by atoms with van der Waals surface area (Å²) in [6, 6.07) is 6.99. The Morgan fingerprint density at radius 1 is 1.30 bits per heavy atom. The molecule has 1 atom stereocenters. The zero-order valence-corrected chi connectivity index (χ0v) is 15.7. The number of esters is 1. The molecule has 0 bridgehead atoms. The first kappa shape index (κ1) is 20.5. The monoisotopic (exact) mass is 410 g/mol. The van der Waals surface area contributed by atoms with E-state index in [1.54, 1.807) is 17.5 Å². The van der Waals surface area contributed by atoms with Gasteiger partial charge in [-0.15, -0.1) is 11.3 Å². The number of benzene rings is 1. The molecule has 8 nitrogen and oxygen atoms in total. The number of rotatable bonds is 8. The summed E-state index contributed by atoms with van der Waals surface area (Å²) in [5.41, 5.74) is -0.210. The van der Waals surface area contributed by atoms with Gasteiger partial charge in [0, 0.05) is 18.6 Å². The molecule has 0 aliphatic rings. The number of amides is 1. The van der Waals surface area contributed by atoms with E-state index in [0.717, 1.165) is 6.07 Å². The van der Waals surface area contributed by atoms with Crippen molar-refractivity contribution in [3.63, 3.8) is 0 Å². The zero-order valence-electron chi connectivity index (χ0n) is 14.1. The molecule has 0 aliphatic carbocycles. The highest BCUT2D eigenvalue weighted by molar-refractivity contribution is 7.12. The number of non-ortho nitro benzene ring substituents is 1. The molecular formula is C17H15ClN2O6S. The molecule has 2 aromatic rings. The number of nitro benzene ring substituents is 1. The SMILES string of the molecule is CC(OC(=O)CCC(=O)c1cccs1)C(=O)Nc1cc([N+](=O)[O-])ccc1Cl. The second-order valence-corrected chi connectivity index (χ2v) is 6.80. The molecule has 0 radical (unpaired) electrons. The lowest BCUT2D eigenvalue weighted by Crippen LogP contribution is -2.30. The zero-order chi connectivity index (χ0) is 20.0. The Bertz CT molecular complexity index is 868. The first-order chi connectivity index (χ1) is 12.8. The number of nitrogens with zero attached hydrogens (tertiary/aromatic N) is 1. The molecule has 1 aromatic carbocycles. The summed E-state index contributed by atoms with van der Waals surface area (Å²) in [7, 11) is 0. The maximum atomic E-state index is 12.1. The number of carbonyl (C=O) groups excluding carboxylic acids is 3. The molecule has 1 N–H and O–H groups in total. The Labute approximate surface area is 163 Å². The fraction of sp³-hybridized carbons (Fsp3) is 0.235. The van der Waals surface area contributed by atoms with E-state index < -0.39 is 22.9 Å². The molecule has 142 valence electrons. The van der Waals surface area contributed by atoms with E-state index in [0.29, 0.717) is 4.88 Å². The predicted octanol–water partition coefficient (Wildman–Crippen LogP) is 3.84. The molecule has 1 aromatic heterocycles.